The lowest BCUT2D eigenvalue weighted by molar-refractivity contribution is -0.145. The zero-order valence-corrected chi connectivity index (χ0v) is 13.2. The third-order valence-corrected chi connectivity index (χ3v) is 3.03. The Bertz CT molecular complexity index is 460. The molecule has 0 heterocycles. The molecule has 0 aliphatic rings. The fourth-order valence-corrected chi connectivity index (χ4v) is 1.89. The maximum absolute atomic E-state index is 11.1. The van der Waals surface area contributed by atoms with Crippen molar-refractivity contribution in [2.24, 2.45) is 5.92 Å². The number of methoxy groups -OCH3 is 1. The van der Waals surface area contributed by atoms with Crippen LogP contribution < -0.4 is 14.8 Å². The van der Waals surface area contributed by atoms with E-state index in [0.29, 0.717) is 30.4 Å². The first-order valence-corrected chi connectivity index (χ1v) is 7.25. The molecule has 1 atom stereocenters. The van der Waals surface area contributed by atoms with E-state index in [4.69, 9.17) is 14.6 Å². The van der Waals surface area contributed by atoms with Gasteiger partial charge in [0.15, 0.2) is 17.6 Å². The van der Waals surface area contributed by atoms with E-state index < -0.39 is 12.1 Å². The molecule has 0 fully saturated rings. The van der Waals surface area contributed by atoms with E-state index >= 15 is 0 Å². The number of nitrogens with one attached hydrogen (secondary N) is 1. The summed E-state index contributed by atoms with van der Waals surface area (Å²) in [7, 11) is 1.54. The molecular formula is C16H25NO4. The van der Waals surface area contributed by atoms with Crippen LogP contribution in [0.4, 0.5) is 0 Å². The molecule has 118 valence electrons. The quantitative estimate of drug-likeness (QED) is 0.733. The summed E-state index contributed by atoms with van der Waals surface area (Å²) >= 11 is 0. The molecule has 21 heavy (non-hydrogen) atoms. The summed E-state index contributed by atoms with van der Waals surface area (Å²) < 4.78 is 10.8. The molecular weight excluding hydrogens is 270 g/mol. The number of hydrogen-bond acceptors (Lipinski definition) is 4. The van der Waals surface area contributed by atoms with Gasteiger partial charge in [-0.1, -0.05) is 26.8 Å². The smallest absolute Gasteiger partial charge is 0.344 e. The molecule has 0 spiro atoms. The lowest BCUT2D eigenvalue weighted by Gasteiger charge is -2.17. The molecule has 0 amide bonds. The van der Waals surface area contributed by atoms with Crippen molar-refractivity contribution in [2.45, 2.75) is 39.8 Å². The van der Waals surface area contributed by atoms with Crippen molar-refractivity contribution in [1.82, 2.24) is 5.32 Å². The summed E-state index contributed by atoms with van der Waals surface area (Å²) in [5.41, 5.74) is 1.03. The van der Waals surface area contributed by atoms with Crippen molar-refractivity contribution in [3.8, 4) is 11.5 Å². The number of aliphatic carboxylic acids is 1. The van der Waals surface area contributed by atoms with Gasteiger partial charge in [-0.15, -0.1) is 0 Å². The summed E-state index contributed by atoms with van der Waals surface area (Å²) in [6.45, 7) is 7.71. The first kappa shape index (κ1) is 17.3. The third-order valence-electron chi connectivity index (χ3n) is 3.03. The predicted octanol–water partition coefficient (Wildman–Crippen LogP) is 2.68. The lowest BCUT2D eigenvalue weighted by Crippen LogP contribution is -2.26. The summed E-state index contributed by atoms with van der Waals surface area (Å²) in [6, 6.07) is 5.58. The van der Waals surface area contributed by atoms with E-state index in [2.05, 4.69) is 19.2 Å². The topological polar surface area (TPSA) is 67.8 Å². The summed E-state index contributed by atoms with van der Waals surface area (Å²) in [5.74, 6) is 0.622. The van der Waals surface area contributed by atoms with Crippen LogP contribution in [0.25, 0.3) is 0 Å². The van der Waals surface area contributed by atoms with Crippen molar-refractivity contribution in [3.05, 3.63) is 23.8 Å². The molecule has 1 aromatic carbocycles. The fraction of sp³-hybridized carbons (Fsp3) is 0.562. The Labute approximate surface area is 126 Å². The molecule has 0 radical (unpaired) electrons. The second-order valence-electron chi connectivity index (χ2n) is 5.36. The molecule has 0 saturated heterocycles. The van der Waals surface area contributed by atoms with Crippen LogP contribution in [0.3, 0.4) is 0 Å². The molecule has 0 aliphatic carbocycles. The summed E-state index contributed by atoms with van der Waals surface area (Å²) in [4.78, 5) is 11.1. The maximum atomic E-state index is 11.1. The van der Waals surface area contributed by atoms with Gasteiger partial charge in [0, 0.05) is 6.54 Å². The van der Waals surface area contributed by atoms with Gasteiger partial charge >= 0.3 is 5.97 Å². The van der Waals surface area contributed by atoms with Gasteiger partial charge in [-0.2, -0.15) is 0 Å². The zero-order chi connectivity index (χ0) is 15.8. The van der Waals surface area contributed by atoms with Gasteiger partial charge in [-0.25, -0.2) is 4.79 Å². The molecule has 1 unspecified atom stereocenters. The van der Waals surface area contributed by atoms with Gasteiger partial charge in [-0.3, -0.25) is 0 Å². The third kappa shape index (κ3) is 5.63. The monoisotopic (exact) mass is 295 g/mol. The van der Waals surface area contributed by atoms with Crippen molar-refractivity contribution < 1.29 is 19.4 Å². The Morgan fingerprint density at radius 2 is 2.05 bits per heavy atom. The van der Waals surface area contributed by atoms with Crippen molar-refractivity contribution in [1.29, 1.82) is 0 Å². The van der Waals surface area contributed by atoms with Gasteiger partial charge in [0.1, 0.15) is 0 Å². The van der Waals surface area contributed by atoms with Crippen LogP contribution in [-0.2, 0) is 11.3 Å². The van der Waals surface area contributed by atoms with Crippen molar-refractivity contribution in [3.63, 3.8) is 0 Å². The lowest BCUT2D eigenvalue weighted by atomic mass is 10.1. The van der Waals surface area contributed by atoms with Crippen LogP contribution in [0.5, 0.6) is 11.5 Å². The minimum absolute atomic E-state index is 0.397. The van der Waals surface area contributed by atoms with Crippen molar-refractivity contribution >= 4 is 5.97 Å². The highest BCUT2D eigenvalue weighted by atomic mass is 16.5. The Morgan fingerprint density at radius 3 is 2.57 bits per heavy atom. The van der Waals surface area contributed by atoms with Gasteiger partial charge in [0.05, 0.1) is 7.11 Å². The Morgan fingerprint density at radius 1 is 1.33 bits per heavy atom. The van der Waals surface area contributed by atoms with E-state index in [-0.39, 0.29) is 0 Å². The predicted molar refractivity (Wildman–Crippen MR) is 81.9 cm³/mol. The first-order chi connectivity index (χ1) is 9.97. The van der Waals surface area contributed by atoms with Gasteiger partial charge in [0.2, 0.25) is 0 Å². The molecule has 5 heteroatoms. The van der Waals surface area contributed by atoms with E-state index in [1.165, 1.54) is 0 Å². The second kappa shape index (κ2) is 8.52. The minimum Gasteiger partial charge on any atom is -0.493 e. The molecule has 2 N–H and O–H groups in total. The molecule has 0 aromatic heterocycles. The van der Waals surface area contributed by atoms with Gasteiger partial charge in [-0.05, 0) is 36.6 Å². The highest BCUT2D eigenvalue weighted by molar-refractivity contribution is 5.72. The molecule has 0 aliphatic heterocycles. The minimum atomic E-state index is -0.970. The van der Waals surface area contributed by atoms with Crippen LogP contribution in [0.15, 0.2) is 18.2 Å². The van der Waals surface area contributed by atoms with Crippen LogP contribution in [0.1, 0.15) is 32.8 Å². The highest BCUT2D eigenvalue weighted by Gasteiger charge is 2.19. The van der Waals surface area contributed by atoms with Crippen LogP contribution in [0.2, 0.25) is 0 Å². The van der Waals surface area contributed by atoms with Gasteiger partial charge in [0.25, 0.3) is 0 Å². The number of benzene rings is 1. The average molecular weight is 295 g/mol. The molecule has 5 nitrogen and oxygen atoms in total. The molecule has 0 bridgehead atoms. The highest BCUT2D eigenvalue weighted by Crippen LogP contribution is 2.29. The Kier molecular flexibility index (Phi) is 7.02. The SMILES string of the molecule is CCC(Oc1cc(CNCC(C)C)ccc1OC)C(=O)O. The Hall–Kier alpha value is -1.75. The largest absolute Gasteiger partial charge is 0.493 e. The number of carboxylic acid groups (broad SMARTS) is 1. The van der Waals surface area contributed by atoms with E-state index in [1.807, 2.05) is 12.1 Å². The summed E-state index contributed by atoms with van der Waals surface area (Å²) in [5, 5.41) is 12.4. The first-order valence-electron chi connectivity index (χ1n) is 7.25. The van der Waals surface area contributed by atoms with E-state index in [9.17, 15) is 4.79 Å². The number of hydrogen-bond donors (Lipinski definition) is 2. The number of ether oxygens (including phenoxy) is 2. The van der Waals surface area contributed by atoms with Crippen LogP contribution in [-0.4, -0.2) is 30.8 Å². The Balaban J connectivity index is 2.82. The van der Waals surface area contributed by atoms with E-state index in [0.717, 1.165) is 12.1 Å². The van der Waals surface area contributed by atoms with E-state index in [1.54, 1.807) is 20.1 Å². The van der Waals surface area contributed by atoms with Crippen LogP contribution in [0, 0.1) is 5.92 Å². The second-order valence-corrected chi connectivity index (χ2v) is 5.36. The standard InChI is InChI=1S/C16H25NO4/c1-5-13(16(18)19)21-15-8-12(6-7-14(15)20-4)10-17-9-11(2)3/h6-8,11,13,17H,5,9-10H2,1-4H3,(H,18,19). The maximum Gasteiger partial charge on any atom is 0.344 e. The van der Waals surface area contributed by atoms with Gasteiger partial charge < -0.3 is 19.9 Å². The van der Waals surface area contributed by atoms with Crippen molar-refractivity contribution in [2.75, 3.05) is 13.7 Å². The normalized spacial score (nSPS) is 12.2. The number of rotatable bonds is 9. The number of carboxylic acids is 1. The average Bonchev–Trinajstić information content (AvgIpc) is 2.44. The van der Waals surface area contributed by atoms with Crippen LogP contribution >= 0.6 is 0 Å². The molecule has 1 aromatic rings. The number of carbonyl (C=O) groups is 1. The summed E-state index contributed by atoms with van der Waals surface area (Å²) in [6.07, 6.45) is -0.466. The molecule has 0 saturated carbocycles. The fourth-order valence-electron chi connectivity index (χ4n) is 1.89. The molecule has 1 rings (SSSR count). The zero-order valence-electron chi connectivity index (χ0n) is 13.2.